The molecule has 1 aliphatic rings. The summed E-state index contributed by atoms with van der Waals surface area (Å²) in [6.07, 6.45) is 2.63. The zero-order chi connectivity index (χ0) is 12.6. The maximum atomic E-state index is 12.8. The normalized spacial score (nSPS) is 20.9. The first kappa shape index (κ1) is 12.4. The van der Waals surface area contributed by atoms with Crippen molar-refractivity contribution in [2.24, 2.45) is 0 Å². The molecular weight excluding hydrogens is 315 g/mol. The van der Waals surface area contributed by atoms with Gasteiger partial charge < -0.3 is 4.90 Å². The molecule has 0 aromatic carbocycles. The Morgan fingerprint density at radius 2 is 2.18 bits per heavy atom. The van der Waals surface area contributed by atoms with Crippen molar-refractivity contribution < 1.29 is 17.1 Å². The first-order valence-electron chi connectivity index (χ1n) is 4.72. The van der Waals surface area contributed by atoms with Crippen LogP contribution in [0.5, 0.6) is 0 Å². The number of carbonyl (C=O) groups is 1. The molecule has 0 bridgehead atoms. The summed E-state index contributed by atoms with van der Waals surface area (Å²) < 4.78 is 35.0. The minimum absolute atomic E-state index is 0.171. The predicted molar refractivity (Wildman–Crippen MR) is 62.7 cm³/mol. The molecule has 1 aromatic rings. The van der Waals surface area contributed by atoms with Gasteiger partial charge in [-0.05, 0) is 22.0 Å². The fourth-order valence-electron chi connectivity index (χ4n) is 1.66. The Labute approximate surface area is 106 Å². The Hall–Kier alpha value is -1.02. The molecule has 0 N–H and O–H groups in total. The molecule has 0 saturated carbocycles. The molecule has 1 fully saturated rings. The number of aromatic nitrogens is 1. The van der Waals surface area contributed by atoms with E-state index in [1.807, 2.05) is 0 Å². The van der Waals surface area contributed by atoms with E-state index in [-0.39, 0.29) is 13.0 Å². The van der Waals surface area contributed by atoms with Crippen molar-refractivity contribution in [1.29, 1.82) is 0 Å². The number of pyridine rings is 1. The third-order valence-corrected chi connectivity index (χ3v) is 4.04. The lowest BCUT2D eigenvalue weighted by atomic mass is 10.4. The van der Waals surface area contributed by atoms with Gasteiger partial charge in [-0.2, -0.15) is 8.42 Å². The van der Waals surface area contributed by atoms with Crippen LogP contribution in [0.25, 0.3) is 0 Å². The van der Waals surface area contributed by atoms with Gasteiger partial charge in [0.25, 0.3) is 0 Å². The van der Waals surface area contributed by atoms with Gasteiger partial charge >= 0.3 is 10.2 Å². The molecule has 8 heteroatoms. The molecule has 17 heavy (non-hydrogen) atoms. The molecule has 1 saturated heterocycles. The van der Waals surface area contributed by atoms with E-state index in [1.165, 1.54) is 17.3 Å². The lowest BCUT2D eigenvalue weighted by molar-refractivity contribution is -0.117. The monoisotopic (exact) mass is 322 g/mol. The Bertz CT molecular complexity index is 563. The highest BCUT2D eigenvalue weighted by Gasteiger charge is 2.39. The van der Waals surface area contributed by atoms with Crippen LogP contribution in [0.2, 0.25) is 0 Å². The molecule has 92 valence electrons. The minimum atomic E-state index is -4.68. The van der Waals surface area contributed by atoms with Gasteiger partial charge in [-0.15, -0.1) is 3.89 Å². The molecule has 2 heterocycles. The van der Waals surface area contributed by atoms with Gasteiger partial charge in [-0.25, -0.2) is 0 Å². The Balaban J connectivity index is 2.28. The quantitative estimate of drug-likeness (QED) is 0.768. The topological polar surface area (TPSA) is 67.3 Å². The third kappa shape index (κ3) is 2.63. The number of hydrogen-bond donors (Lipinski definition) is 0. The first-order valence-corrected chi connectivity index (χ1v) is 6.96. The van der Waals surface area contributed by atoms with E-state index in [9.17, 15) is 17.1 Å². The molecule has 0 aliphatic carbocycles. The molecule has 1 aliphatic heterocycles. The summed E-state index contributed by atoms with van der Waals surface area (Å²) >= 11 is 3.19. The summed E-state index contributed by atoms with van der Waals surface area (Å²) in [5, 5.41) is -1.28. The van der Waals surface area contributed by atoms with E-state index in [2.05, 4.69) is 20.9 Å². The van der Waals surface area contributed by atoms with E-state index < -0.39 is 21.4 Å². The van der Waals surface area contributed by atoms with Gasteiger partial charge in [0.2, 0.25) is 5.91 Å². The second-order valence-corrected chi connectivity index (χ2v) is 6.20. The van der Waals surface area contributed by atoms with Crippen molar-refractivity contribution in [3.63, 3.8) is 0 Å². The van der Waals surface area contributed by atoms with Crippen LogP contribution in [-0.2, 0) is 15.0 Å². The Morgan fingerprint density at radius 1 is 1.47 bits per heavy atom. The van der Waals surface area contributed by atoms with Crippen molar-refractivity contribution in [1.82, 2.24) is 4.98 Å². The van der Waals surface area contributed by atoms with E-state index in [0.29, 0.717) is 10.2 Å². The average molecular weight is 323 g/mol. The number of rotatable bonds is 2. The molecule has 1 unspecified atom stereocenters. The fourth-order valence-corrected chi connectivity index (χ4v) is 2.68. The van der Waals surface area contributed by atoms with E-state index in [4.69, 9.17) is 0 Å². The second-order valence-electron chi connectivity index (χ2n) is 3.67. The van der Waals surface area contributed by atoms with Gasteiger partial charge in [0, 0.05) is 23.6 Å². The van der Waals surface area contributed by atoms with Crippen molar-refractivity contribution in [2.45, 2.75) is 11.7 Å². The van der Waals surface area contributed by atoms with Crippen molar-refractivity contribution in [2.75, 3.05) is 11.4 Å². The number of halogens is 2. The van der Waals surface area contributed by atoms with Gasteiger partial charge in [0.15, 0.2) is 0 Å². The molecular formula is C9H8BrFN2O3S. The van der Waals surface area contributed by atoms with Crippen molar-refractivity contribution in [3.8, 4) is 0 Å². The van der Waals surface area contributed by atoms with Gasteiger partial charge in [0.1, 0.15) is 5.25 Å². The van der Waals surface area contributed by atoms with Gasteiger partial charge in [-0.1, -0.05) is 0 Å². The maximum Gasteiger partial charge on any atom is 0.307 e. The number of anilines is 1. The molecule has 0 radical (unpaired) electrons. The third-order valence-electron chi connectivity index (χ3n) is 2.49. The number of carbonyl (C=O) groups excluding carboxylic acids is 1. The summed E-state index contributed by atoms with van der Waals surface area (Å²) in [5.41, 5.74) is 0.454. The number of amides is 1. The largest absolute Gasteiger partial charge is 0.309 e. The Morgan fingerprint density at radius 3 is 2.71 bits per heavy atom. The minimum Gasteiger partial charge on any atom is -0.309 e. The molecule has 5 nitrogen and oxygen atoms in total. The van der Waals surface area contributed by atoms with Gasteiger partial charge in [0.05, 0.1) is 11.9 Å². The summed E-state index contributed by atoms with van der Waals surface area (Å²) in [5.74, 6) is -0.420. The average Bonchev–Trinajstić information content (AvgIpc) is 2.60. The molecule has 1 amide bonds. The van der Waals surface area contributed by atoms with Crippen molar-refractivity contribution >= 4 is 37.7 Å². The highest BCUT2D eigenvalue weighted by atomic mass is 79.9. The van der Waals surface area contributed by atoms with Crippen LogP contribution < -0.4 is 4.90 Å². The SMILES string of the molecule is O=C1CC(S(=O)(=O)F)CN1c1cncc(Br)c1. The zero-order valence-electron chi connectivity index (χ0n) is 8.51. The molecule has 1 atom stereocenters. The fraction of sp³-hybridized carbons (Fsp3) is 0.333. The molecule has 2 rings (SSSR count). The highest BCUT2D eigenvalue weighted by Crippen LogP contribution is 2.26. The number of nitrogens with zero attached hydrogens (tertiary/aromatic N) is 2. The highest BCUT2D eigenvalue weighted by molar-refractivity contribution is 9.10. The number of hydrogen-bond acceptors (Lipinski definition) is 4. The molecule has 0 spiro atoms. The zero-order valence-corrected chi connectivity index (χ0v) is 10.9. The summed E-state index contributed by atoms with van der Waals surface area (Å²) in [6, 6.07) is 1.62. The smallest absolute Gasteiger partial charge is 0.307 e. The van der Waals surface area contributed by atoms with Crippen LogP contribution in [0.15, 0.2) is 22.9 Å². The van der Waals surface area contributed by atoms with E-state index in [0.717, 1.165) is 0 Å². The first-order chi connectivity index (χ1) is 7.88. The van der Waals surface area contributed by atoms with E-state index >= 15 is 0 Å². The summed E-state index contributed by atoms with van der Waals surface area (Å²) in [4.78, 5) is 16.7. The lowest BCUT2D eigenvalue weighted by Gasteiger charge is -2.15. The van der Waals surface area contributed by atoms with Crippen LogP contribution in [0.4, 0.5) is 9.57 Å². The Kier molecular flexibility index (Phi) is 3.17. The lowest BCUT2D eigenvalue weighted by Crippen LogP contribution is -2.26. The van der Waals surface area contributed by atoms with Crippen molar-refractivity contribution in [3.05, 3.63) is 22.9 Å². The van der Waals surface area contributed by atoms with Crippen LogP contribution in [0.1, 0.15) is 6.42 Å². The van der Waals surface area contributed by atoms with Crippen LogP contribution in [0, 0.1) is 0 Å². The van der Waals surface area contributed by atoms with E-state index in [1.54, 1.807) is 6.07 Å². The summed E-state index contributed by atoms with van der Waals surface area (Å²) in [6.45, 7) is -0.171. The second kappa shape index (κ2) is 4.34. The predicted octanol–water partition coefficient (Wildman–Crippen LogP) is 1.25. The van der Waals surface area contributed by atoms with Gasteiger partial charge in [-0.3, -0.25) is 9.78 Å². The molecule has 1 aromatic heterocycles. The van der Waals surface area contributed by atoms with Crippen LogP contribution in [-0.4, -0.2) is 31.1 Å². The standard InChI is InChI=1S/C9H8BrFN2O3S/c10-6-1-7(4-12-3-6)13-5-8(2-9(13)14)17(11,15)16/h1,3-4,8H,2,5H2. The maximum absolute atomic E-state index is 12.8. The summed E-state index contributed by atoms with van der Waals surface area (Å²) in [7, 11) is -4.68. The van der Waals surface area contributed by atoms with Crippen LogP contribution >= 0.6 is 15.9 Å². The van der Waals surface area contributed by atoms with Crippen LogP contribution in [0.3, 0.4) is 0 Å².